The van der Waals surface area contributed by atoms with Gasteiger partial charge in [0, 0.05) is 57.9 Å². The fourth-order valence-electron chi connectivity index (χ4n) is 2.43. The molecule has 3 N–H and O–H groups in total. The van der Waals surface area contributed by atoms with Gasteiger partial charge in [-0.3, -0.25) is 9.69 Å². The van der Waals surface area contributed by atoms with E-state index in [1.54, 1.807) is 0 Å². The highest BCUT2D eigenvalue weighted by molar-refractivity contribution is 5.85. The van der Waals surface area contributed by atoms with Crippen LogP contribution in [-0.2, 0) is 4.79 Å². The maximum atomic E-state index is 11.5. The first-order chi connectivity index (χ1) is 9.79. The van der Waals surface area contributed by atoms with Gasteiger partial charge in [-0.2, -0.15) is 0 Å². The highest BCUT2D eigenvalue weighted by Gasteiger charge is 2.17. The summed E-state index contributed by atoms with van der Waals surface area (Å²) in [5.41, 5.74) is 6.64. The van der Waals surface area contributed by atoms with Crippen LogP contribution in [0.25, 0.3) is 0 Å². The number of halogens is 2. The number of hydrogen-bond donors (Lipinski definition) is 2. The summed E-state index contributed by atoms with van der Waals surface area (Å²) >= 11 is 0. The third-order valence-corrected chi connectivity index (χ3v) is 3.62. The lowest BCUT2D eigenvalue weighted by molar-refractivity contribution is -0.121. The minimum atomic E-state index is 0. The number of nitrogens with two attached hydrogens (primary N) is 1. The van der Waals surface area contributed by atoms with E-state index in [2.05, 4.69) is 39.4 Å². The van der Waals surface area contributed by atoms with Gasteiger partial charge in [-0.05, 0) is 12.1 Å². The Morgan fingerprint density at radius 3 is 2.32 bits per heavy atom. The van der Waals surface area contributed by atoms with Gasteiger partial charge >= 0.3 is 0 Å². The summed E-state index contributed by atoms with van der Waals surface area (Å²) in [4.78, 5) is 16.3. The number of para-hydroxylation sites is 1. The lowest BCUT2D eigenvalue weighted by Crippen LogP contribution is -2.47. The number of amides is 1. The number of benzene rings is 1. The minimum absolute atomic E-state index is 0. The fourth-order valence-corrected chi connectivity index (χ4v) is 2.43. The summed E-state index contributed by atoms with van der Waals surface area (Å²) in [7, 11) is 0. The molecule has 1 aliphatic heterocycles. The Hall–Kier alpha value is -1.01. The zero-order valence-electron chi connectivity index (χ0n) is 12.7. The van der Waals surface area contributed by atoms with Crippen LogP contribution in [0.15, 0.2) is 30.3 Å². The van der Waals surface area contributed by atoms with E-state index in [0.29, 0.717) is 19.5 Å². The molecule has 0 aliphatic carbocycles. The van der Waals surface area contributed by atoms with Gasteiger partial charge in [0.15, 0.2) is 0 Å². The molecule has 1 saturated heterocycles. The topological polar surface area (TPSA) is 61.6 Å². The number of rotatable bonds is 6. The summed E-state index contributed by atoms with van der Waals surface area (Å²) in [6, 6.07) is 10.5. The molecule has 0 radical (unpaired) electrons. The predicted octanol–water partition coefficient (Wildman–Crippen LogP) is 1.12. The maximum Gasteiger partial charge on any atom is 0.221 e. The van der Waals surface area contributed by atoms with Crippen molar-refractivity contribution in [1.29, 1.82) is 0 Å². The number of carbonyl (C=O) groups is 1. The van der Waals surface area contributed by atoms with Crippen LogP contribution in [0.2, 0.25) is 0 Å². The molecule has 2 rings (SSSR count). The van der Waals surface area contributed by atoms with E-state index in [4.69, 9.17) is 5.73 Å². The third-order valence-electron chi connectivity index (χ3n) is 3.62. The van der Waals surface area contributed by atoms with E-state index in [9.17, 15) is 4.79 Å². The Morgan fingerprint density at radius 1 is 1.09 bits per heavy atom. The number of hydrogen-bond acceptors (Lipinski definition) is 4. The van der Waals surface area contributed by atoms with Gasteiger partial charge in [0.05, 0.1) is 0 Å². The average molecular weight is 349 g/mol. The quantitative estimate of drug-likeness (QED) is 0.808. The van der Waals surface area contributed by atoms with Crippen molar-refractivity contribution in [3.63, 3.8) is 0 Å². The molecule has 1 aliphatic rings. The van der Waals surface area contributed by atoms with Gasteiger partial charge in [-0.1, -0.05) is 18.2 Å². The minimum Gasteiger partial charge on any atom is -0.369 e. The van der Waals surface area contributed by atoms with Crippen LogP contribution in [0.1, 0.15) is 6.42 Å². The molecule has 0 atom stereocenters. The second-order valence-corrected chi connectivity index (χ2v) is 5.05. The maximum absolute atomic E-state index is 11.5. The summed E-state index contributed by atoms with van der Waals surface area (Å²) in [5, 5.41) is 2.81. The van der Waals surface area contributed by atoms with Gasteiger partial charge in [-0.15, -0.1) is 24.8 Å². The lowest BCUT2D eigenvalue weighted by atomic mass is 10.2. The molecule has 0 saturated carbocycles. The van der Waals surface area contributed by atoms with Gasteiger partial charge in [0.1, 0.15) is 0 Å². The van der Waals surface area contributed by atoms with Crippen LogP contribution in [-0.4, -0.2) is 56.6 Å². The van der Waals surface area contributed by atoms with Crippen LogP contribution < -0.4 is 16.0 Å². The van der Waals surface area contributed by atoms with Gasteiger partial charge < -0.3 is 16.0 Å². The highest BCUT2D eigenvalue weighted by Crippen LogP contribution is 2.15. The van der Waals surface area contributed by atoms with Crippen molar-refractivity contribution < 1.29 is 4.79 Å². The van der Waals surface area contributed by atoms with Crippen molar-refractivity contribution in [2.24, 2.45) is 5.73 Å². The molecule has 7 heteroatoms. The van der Waals surface area contributed by atoms with Gasteiger partial charge in [0.25, 0.3) is 0 Å². The molecule has 1 aromatic rings. The predicted molar refractivity (Wildman–Crippen MR) is 96.3 cm³/mol. The summed E-state index contributed by atoms with van der Waals surface area (Å²) in [6.07, 6.45) is 0.561. The Morgan fingerprint density at radius 2 is 1.73 bits per heavy atom. The Labute approximate surface area is 145 Å². The zero-order chi connectivity index (χ0) is 14.2. The van der Waals surface area contributed by atoms with E-state index in [0.717, 1.165) is 32.7 Å². The number of piperazine rings is 1. The van der Waals surface area contributed by atoms with Crippen LogP contribution in [0, 0.1) is 0 Å². The van der Waals surface area contributed by atoms with Crippen molar-refractivity contribution in [3.05, 3.63) is 30.3 Å². The Balaban J connectivity index is 0.00000220. The molecule has 22 heavy (non-hydrogen) atoms. The molecule has 126 valence electrons. The third kappa shape index (κ3) is 6.83. The number of carbonyl (C=O) groups excluding carboxylic acids is 1. The highest BCUT2D eigenvalue weighted by atomic mass is 35.5. The number of nitrogens with one attached hydrogen (secondary N) is 1. The van der Waals surface area contributed by atoms with Crippen LogP contribution >= 0.6 is 24.8 Å². The van der Waals surface area contributed by atoms with Crippen molar-refractivity contribution in [3.8, 4) is 0 Å². The Bertz CT molecular complexity index is 411. The Kier molecular flexibility index (Phi) is 11.0. The average Bonchev–Trinajstić information content (AvgIpc) is 2.52. The van der Waals surface area contributed by atoms with Crippen molar-refractivity contribution in [1.82, 2.24) is 10.2 Å². The molecule has 0 spiro atoms. The molecule has 5 nitrogen and oxygen atoms in total. The standard InChI is InChI=1S/C15H24N4O.2ClH/c16-7-8-17-15(20)6-9-18-10-12-19(13-11-18)14-4-2-1-3-5-14;;/h1-5H,6-13,16H2,(H,17,20);2*1H. The molecular formula is C15H26Cl2N4O. The molecule has 1 amide bonds. The summed E-state index contributed by atoms with van der Waals surface area (Å²) < 4.78 is 0. The van der Waals surface area contributed by atoms with Crippen LogP contribution in [0.4, 0.5) is 5.69 Å². The molecule has 1 aromatic carbocycles. The molecule has 0 aromatic heterocycles. The zero-order valence-corrected chi connectivity index (χ0v) is 14.4. The SMILES string of the molecule is Cl.Cl.NCCNC(=O)CCN1CCN(c2ccccc2)CC1. The van der Waals surface area contributed by atoms with Crippen molar-refractivity contribution >= 4 is 36.4 Å². The first-order valence-electron chi connectivity index (χ1n) is 7.28. The first-order valence-corrected chi connectivity index (χ1v) is 7.28. The molecule has 1 fully saturated rings. The van der Waals surface area contributed by atoms with Gasteiger partial charge in [0.2, 0.25) is 5.91 Å². The van der Waals surface area contributed by atoms with Crippen LogP contribution in [0.3, 0.4) is 0 Å². The van der Waals surface area contributed by atoms with Crippen molar-refractivity contribution in [2.45, 2.75) is 6.42 Å². The van der Waals surface area contributed by atoms with Crippen molar-refractivity contribution in [2.75, 3.05) is 50.7 Å². The van der Waals surface area contributed by atoms with E-state index < -0.39 is 0 Å². The molecular weight excluding hydrogens is 323 g/mol. The smallest absolute Gasteiger partial charge is 0.221 e. The normalized spacial score (nSPS) is 14.7. The number of nitrogens with zero attached hydrogens (tertiary/aromatic N) is 2. The molecule has 0 unspecified atom stereocenters. The van der Waals surface area contributed by atoms with E-state index >= 15 is 0 Å². The lowest BCUT2D eigenvalue weighted by Gasteiger charge is -2.36. The monoisotopic (exact) mass is 348 g/mol. The van der Waals surface area contributed by atoms with E-state index in [1.165, 1.54) is 5.69 Å². The molecule has 0 bridgehead atoms. The first kappa shape index (κ1) is 21.0. The van der Waals surface area contributed by atoms with Crippen LogP contribution in [0.5, 0.6) is 0 Å². The van der Waals surface area contributed by atoms with E-state index in [-0.39, 0.29) is 30.7 Å². The number of anilines is 1. The van der Waals surface area contributed by atoms with E-state index in [1.807, 2.05) is 6.07 Å². The fraction of sp³-hybridized carbons (Fsp3) is 0.533. The summed E-state index contributed by atoms with van der Waals surface area (Å²) in [6.45, 7) is 5.97. The molecule has 1 heterocycles. The largest absolute Gasteiger partial charge is 0.369 e. The second-order valence-electron chi connectivity index (χ2n) is 5.05. The summed E-state index contributed by atoms with van der Waals surface area (Å²) in [5.74, 6) is 0.0981. The second kappa shape index (κ2) is 11.5. The van der Waals surface area contributed by atoms with Gasteiger partial charge in [-0.25, -0.2) is 0 Å².